The smallest absolute Gasteiger partial charge is 0.234 e. The summed E-state index contributed by atoms with van der Waals surface area (Å²) in [4.78, 5) is 28.4. The predicted octanol–water partition coefficient (Wildman–Crippen LogP) is 3.01. The van der Waals surface area contributed by atoms with E-state index in [2.05, 4.69) is 53.2 Å². The van der Waals surface area contributed by atoms with Crippen molar-refractivity contribution in [1.29, 1.82) is 0 Å². The van der Waals surface area contributed by atoms with Gasteiger partial charge in [-0.2, -0.15) is 0 Å². The molecule has 0 radical (unpaired) electrons. The van der Waals surface area contributed by atoms with Crippen LogP contribution in [0.5, 0.6) is 0 Å². The monoisotopic (exact) mass is 371 g/mol. The van der Waals surface area contributed by atoms with Gasteiger partial charge in [0.2, 0.25) is 11.8 Å². The average Bonchev–Trinajstić information content (AvgIpc) is 3.23. The number of benzene rings is 1. The fourth-order valence-corrected chi connectivity index (χ4v) is 4.59. The number of hydrogen-bond donors (Lipinski definition) is 1. The highest BCUT2D eigenvalue weighted by Gasteiger charge is 2.40. The molecule has 0 bridgehead atoms. The van der Waals surface area contributed by atoms with Gasteiger partial charge in [0.1, 0.15) is 0 Å². The zero-order chi connectivity index (χ0) is 19.6. The van der Waals surface area contributed by atoms with Crippen LogP contribution in [0.2, 0.25) is 0 Å². The molecule has 3 aliphatic rings. The van der Waals surface area contributed by atoms with E-state index in [4.69, 9.17) is 0 Å². The molecule has 0 aliphatic carbocycles. The SMILES string of the molecule is CC.CC(C)N1CC2CN(c3ccc(C4CCC(=O)NC4=O)cc3)CC2C1. The molecule has 1 aromatic carbocycles. The molecule has 3 unspecified atom stereocenters. The van der Waals surface area contributed by atoms with Gasteiger partial charge in [0.05, 0.1) is 5.92 Å². The number of piperidine rings is 1. The molecule has 1 N–H and O–H groups in total. The number of anilines is 1. The minimum Gasteiger partial charge on any atom is -0.371 e. The third kappa shape index (κ3) is 4.18. The Labute approximate surface area is 163 Å². The van der Waals surface area contributed by atoms with Gasteiger partial charge in [0, 0.05) is 44.3 Å². The van der Waals surface area contributed by atoms with Crippen molar-refractivity contribution in [2.45, 2.75) is 52.5 Å². The van der Waals surface area contributed by atoms with Crippen molar-refractivity contribution in [2.75, 3.05) is 31.1 Å². The van der Waals surface area contributed by atoms with Gasteiger partial charge in [-0.15, -0.1) is 0 Å². The van der Waals surface area contributed by atoms with Crippen LogP contribution in [0, 0.1) is 11.8 Å². The zero-order valence-electron chi connectivity index (χ0n) is 17.1. The molecule has 5 heteroatoms. The summed E-state index contributed by atoms with van der Waals surface area (Å²) < 4.78 is 0. The van der Waals surface area contributed by atoms with E-state index < -0.39 is 0 Å². The summed E-state index contributed by atoms with van der Waals surface area (Å²) in [5, 5.41) is 2.44. The Bertz CT molecular complexity index is 657. The number of imide groups is 1. The summed E-state index contributed by atoms with van der Waals surface area (Å²) in [7, 11) is 0. The molecule has 27 heavy (non-hydrogen) atoms. The molecular weight excluding hydrogens is 338 g/mol. The Morgan fingerprint density at radius 2 is 1.56 bits per heavy atom. The van der Waals surface area contributed by atoms with Crippen molar-refractivity contribution in [3.8, 4) is 0 Å². The number of amides is 2. The summed E-state index contributed by atoms with van der Waals surface area (Å²) >= 11 is 0. The van der Waals surface area contributed by atoms with Crippen LogP contribution in [0.15, 0.2) is 24.3 Å². The number of nitrogens with one attached hydrogen (secondary N) is 1. The first-order chi connectivity index (χ1) is 13.0. The molecule has 3 aliphatic heterocycles. The van der Waals surface area contributed by atoms with Crippen LogP contribution < -0.4 is 10.2 Å². The Morgan fingerprint density at radius 1 is 0.963 bits per heavy atom. The third-order valence-corrected chi connectivity index (χ3v) is 6.14. The second kappa shape index (κ2) is 8.42. The first kappa shape index (κ1) is 19.9. The van der Waals surface area contributed by atoms with E-state index in [0.29, 0.717) is 18.9 Å². The summed E-state index contributed by atoms with van der Waals surface area (Å²) in [6.45, 7) is 13.3. The van der Waals surface area contributed by atoms with E-state index in [0.717, 1.165) is 30.5 Å². The zero-order valence-corrected chi connectivity index (χ0v) is 17.1. The molecule has 5 nitrogen and oxygen atoms in total. The van der Waals surface area contributed by atoms with Crippen molar-refractivity contribution in [3.63, 3.8) is 0 Å². The molecule has 3 atom stereocenters. The molecule has 1 aromatic rings. The van der Waals surface area contributed by atoms with Crippen molar-refractivity contribution in [1.82, 2.24) is 10.2 Å². The van der Waals surface area contributed by atoms with E-state index >= 15 is 0 Å². The van der Waals surface area contributed by atoms with Gasteiger partial charge in [-0.1, -0.05) is 26.0 Å². The maximum Gasteiger partial charge on any atom is 0.234 e. The standard InChI is InChI=1S/C20H27N3O2.C2H6/c1-13(2)22-9-15-11-23(12-16(15)10-22)17-5-3-14(4-6-17)18-7-8-19(24)21-20(18)25;1-2/h3-6,13,15-16,18H,7-12H2,1-2H3,(H,21,24,25);1-2H3. The maximum atomic E-state index is 12.0. The number of nitrogens with zero attached hydrogens (tertiary/aromatic N) is 2. The van der Waals surface area contributed by atoms with Crippen molar-refractivity contribution < 1.29 is 9.59 Å². The number of rotatable bonds is 3. The molecule has 2 amide bonds. The average molecular weight is 372 g/mol. The number of hydrogen-bond acceptors (Lipinski definition) is 4. The van der Waals surface area contributed by atoms with Crippen LogP contribution in [0.25, 0.3) is 0 Å². The lowest BCUT2D eigenvalue weighted by molar-refractivity contribution is -0.134. The van der Waals surface area contributed by atoms with Crippen LogP contribution in [-0.2, 0) is 9.59 Å². The number of carbonyl (C=O) groups excluding carboxylic acids is 2. The van der Waals surface area contributed by atoms with Gasteiger partial charge in [-0.3, -0.25) is 14.9 Å². The Balaban J connectivity index is 0.00000102. The van der Waals surface area contributed by atoms with Crippen LogP contribution in [-0.4, -0.2) is 48.9 Å². The molecule has 4 rings (SSSR count). The fraction of sp³-hybridized carbons (Fsp3) is 0.636. The highest BCUT2D eigenvalue weighted by molar-refractivity contribution is 6.00. The van der Waals surface area contributed by atoms with Crippen molar-refractivity contribution >= 4 is 17.5 Å². The minimum atomic E-state index is -0.190. The topological polar surface area (TPSA) is 52.6 Å². The third-order valence-electron chi connectivity index (χ3n) is 6.14. The summed E-state index contributed by atoms with van der Waals surface area (Å²) in [5.74, 6) is 1.05. The first-order valence-electron chi connectivity index (χ1n) is 10.4. The Morgan fingerprint density at radius 3 is 2.07 bits per heavy atom. The molecule has 148 valence electrons. The quantitative estimate of drug-likeness (QED) is 0.830. The van der Waals surface area contributed by atoms with Gasteiger partial charge < -0.3 is 9.80 Å². The van der Waals surface area contributed by atoms with E-state index in [1.807, 2.05) is 13.8 Å². The van der Waals surface area contributed by atoms with Gasteiger partial charge in [0.25, 0.3) is 0 Å². The number of likely N-dealkylation sites (tertiary alicyclic amines) is 1. The number of fused-ring (bicyclic) bond motifs is 1. The predicted molar refractivity (Wildman–Crippen MR) is 109 cm³/mol. The highest BCUT2D eigenvalue weighted by Crippen LogP contribution is 2.35. The van der Waals surface area contributed by atoms with Crippen LogP contribution in [0.3, 0.4) is 0 Å². The molecule has 3 fully saturated rings. The summed E-state index contributed by atoms with van der Waals surface area (Å²) in [5.41, 5.74) is 2.26. The fourth-order valence-electron chi connectivity index (χ4n) is 4.59. The summed E-state index contributed by atoms with van der Waals surface area (Å²) in [6, 6.07) is 9.04. The Kier molecular flexibility index (Phi) is 6.20. The molecular formula is C22H33N3O2. The van der Waals surface area contributed by atoms with Gasteiger partial charge in [-0.25, -0.2) is 0 Å². The largest absolute Gasteiger partial charge is 0.371 e. The molecule has 0 spiro atoms. The van der Waals surface area contributed by atoms with Crippen LogP contribution >= 0.6 is 0 Å². The van der Waals surface area contributed by atoms with Crippen LogP contribution in [0.4, 0.5) is 5.69 Å². The number of carbonyl (C=O) groups is 2. The van der Waals surface area contributed by atoms with Crippen molar-refractivity contribution in [2.24, 2.45) is 11.8 Å². The molecule has 0 aromatic heterocycles. The van der Waals surface area contributed by atoms with E-state index in [9.17, 15) is 9.59 Å². The van der Waals surface area contributed by atoms with E-state index in [1.165, 1.54) is 18.8 Å². The second-order valence-electron chi connectivity index (χ2n) is 8.07. The normalized spacial score (nSPS) is 28.0. The molecule has 3 saturated heterocycles. The van der Waals surface area contributed by atoms with Gasteiger partial charge in [0.15, 0.2) is 0 Å². The summed E-state index contributed by atoms with van der Waals surface area (Å²) in [6.07, 6.45) is 1.04. The van der Waals surface area contributed by atoms with E-state index in [-0.39, 0.29) is 17.7 Å². The lowest BCUT2D eigenvalue weighted by Crippen LogP contribution is -2.39. The van der Waals surface area contributed by atoms with Crippen molar-refractivity contribution in [3.05, 3.63) is 29.8 Å². The first-order valence-corrected chi connectivity index (χ1v) is 10.4. The van der Waals surface area contributed by atoms with Gasteiger partial charge in [-0.05, 0) is 49.8 Å². The maximum absolute atomic E-state index is 12.0. The lowest BCUT2D eigenvalue weighted by atomic mass is 9.90. The lowest BCUT2D eigenvalue weighted by Gasteiger charge is -2.26. The van der Waals surface area contributed by atoms with E-state index in [1.54, 1.807) is 0 Å². The molecule has 3 heterocycles. The van der Waals surface area contributed by atoms with Gasteiger partial charge >= 0.3 is 0 Å². The molecule has 0 saturated carbocycles. The van der Waals surface area contributed by atoms with Crippen LogP contribution in [0.1, 0.15) is 52.0 Å². The minimum absolute atomic E-state index is 0.156. The Hall–Kier alpha value is -1.88. The second-order valence-corrected chi connectivity index (χ2v) is 8.07. The highest BCUT2D eigenvalue weighted by atomic mass is 16.2.